The van der Waals surface area contributed by atoms with Gasteiger partial charge in [0.25, 0.3) is 5.91 Å². The summed E-state index contributed by atoms with van der Waals surface area (Å²) < 4.78 is 0. The van der Waals surface area contributed by atoms with E-state index in [1.165, 1.54) is 0 Å². The smallest absolute Gasteiger partial charge is 0.252 e. The molecule has 0 saturated carbocycles. The highest BCUT2D eigenvalue weighted by atomic mass is 16.1. The van der Waals surface area contributed by atoms with Crippen molar-refractivity contribution in [3.63, 3.8) is 0 Å². The molecular weight excluding hydrogens is 342 g/mol. The zero-order valence-electron chi connectivity index (χ0n) is 16.7. The minimum Gasteiger partial charge on any atom is -0.341 e. The highest BCUT2D eigenvalue weighted by Crippen LogP contribution is 2.23. The summed E-state index contributed by atoms with van der Waals surface area (Å²) in [4.78, 5) is 12.9. The second-order valence-corrected chi connectivity index (χ2v) is 8.05. The Kier molecular flexibility index (Phi) is 6.10. The first-order valence-corrected chi connectivity index (χ1v) is 9.62. The standard InChI is InChI=1S/C26H27NO/c1-26(2,3)19-18-20-14-16-23(17-15-20)25(28)27-24(21-10-6-4-7-11-21)22-12-8-5-9-13-22/h4-19,24H,1-3H3,(H,27,28). The molecular formula is C26H27NO. The number of carbonyl (C=O) groups excluding carboxylic acids is 1. The molecule has 0 bridgehead atoms. The maximum absolute atomic E-state index is 12.9. The number of carbonyl (C=O) groups is 1. The number of amides is 1. The fourth-order valence-electron chi connectivity index (χ4n) is 2.96. The third kappa shape index (κ3) is 5.43. The third-order valence-corrected chi connectivity index (χ3v) is 4.49. The Hall–Kier alpha value is -3.13. The van der Waals surface area contributed by atoms with Gasteiger partial charge in [-0.05, 0) is 34.2 Å². The molecule has 1 N–H and O–H groups in total. The van der Waals surface area contributed by atoms with E-state index in [-0.39, 0.29) is 17.4 Å². The Morgan fingerprint density at radius 2 is 1.29 bits per heavy atom. The lowest BCUT2D eigenvalue weighted by molar-refractivity contribution is 0.0943. The van der Waals surface area contributed by atoms with E-state index in [1.807, 2.05) is 84.9 Å². The zero-order valence-corrected chi connectivity index (χ0v) is 16.7. The van der Waals surface area contributed by atoms with Gasteiger partial charge in [-0.25, -0.2) is 0 Å². The van der Waals surface area contributed by atoms with Crippen LogP contribution in [0.3, 0.4) is 0 Å². The molecule has 1 amide bonds. The first-order valence-electron chi connectivity index (χ1n) is 9.62. The van der Waals surface area contributed by atoms with E-state index >= 15 is 0 Å². The van der Waals surface area contributed by atoms with Gasteiger partial charge in [0.15, 0.2) is 0 Å². The quantitative estimate of drug-likeness (QED) is 0.564. The monoisotopic (exact) mass is 369 g/mol. The first kappa shape index (κ1) is 19.6. The molecule has 0 heterocycles. The van der Waals surface area contributed by atoms with Gasteiger partial charge in [0.1, 0.15) is 0 Å². The van der Waals surface area contributed by atoms with Gasteiger partial charge in [0.2, 0.25) is 0 Å². The Bertz CT molecular complexity index is 880. The number of nitrogens with one attached hydrogen (secondary N) is 1. The molecule has 0 radical (unpaired) electrons. The van der Waals surface area contributed by atoms with E-state index < -0.39 is 0 Å². The van der Waals surface area contributed by atoms with Gasteiger partial charge in [-0.2, -0.15) is 0 Å². The molecule has 28 heavy (non-hydrogen) atoms. The number of benzene rings is 3. The Balaban J connectivity index is 1.80. The molecule has 3 rings (SSSR count). The van der Waals surface area contributed by atoms with Gasteiger partial charge in [-0.3, -0.25) is 4.79 Å². The van der Waals surface area contributed by atoms with Crippen LogP contribution in [0.4, 0.5) is 0 Å². The van der Waals surface area contributed by atoms with Crippen molar-refractivity contribution in [2.75, 3.05) is 0 Å². The van der Waals surface area contributed by atoms with Gasteiger partial charge >= 0.3 is 0 Å². The molecule has 2 heteroatoms. The Labute approximate surface area is 167 Å². The second kappa shape index (κ2) is 8.71. The van der Waals surface area contributed by atoms with Crippen molar-refractivity contribution in [1.82, 2.24) is 5.32 Å². The van der Waals surface area contributed by atoms with Crippen molar-refractivity contribution in [3.8, 4) is 0 Å². The fourth-order valence-corrected chi connectivity index (χ4v) is 2.96. The minimum atomic E-state index is -0.185. The lowest BCUT2D eigenvalue weighted by Gasteiger charge is -2.20. The van der Waals surface area contributed by atoms with Crippen LogP contribution in [0.25, 0.3) is 6.08 Å². The summed E-state index contributed by atoms with van der Waals surface area (Å²) in [5, 5.41) is 3.18. The maximum Gasteiger partial charge on any atom is 0.252 e. The summed E-state index contributed by atoms with van der Waals surface area (Å²) in [6, 6.07) is 27.6. The average Bonchev–Trinajstić information content (AvgIpc) is 2.71. The van der Waals surface area contributed by atoms with E-state index in [9.17, 15) is 4.79 Å². The summed E-state index contributed by atoms with van der Waals surface area (Å²) >= 11 is 0. The number of hydrogen-bond acceptors (Lipinski definition) is 1. The van der Waals surface area contributed by atoms with Crippen LogP contribution < -0.4 is 5.32 Å². The van der Waals surface area contributed by atoms with E-state index in [4.69, 9.17) is 0 Å². The van der Waals surface area contributed by atoms with Crippen molar-refractivity contribution in [2.24, 2.45) is 5.41 Å². The lowest BCUT2D eigenvalue weighted by Crippen LogP contribution is -2.29. The second-order valence-electron chi connectivity index (χ2n) is 8.05. The molecule has 3 aromatic carbocycles. The van der Waals surface area contributed by atoms with E-state index in [2.05, 4.69) is 38.2 Å². The van der Waals surface area contributed by atoms with Crippen LogP contribution in [0, 0.1) is 5.41 Å². The van der Waals surface area contributed by atoms with Gasteiger partial charge in [-0.1, -0.05) is 106 Å². The van der Waals surface area contributed by atoms with E-state index in [0.29, 0.717) is 5.56 Å². The average molecular weight is 370 g/mol. The largest absolute Gasteiger partial charge is 0.341 e. The third-order valence-electron chi connectivity index (χ3n) is 4.49. The summed E-state index contributed by atoms with van der Waals surface area (Å²) in [7, 11) is 0. The minimum absolute atomic E-state index is 0.0796. The van der Waals surface area contributed by atoms with Crippen molar-refractivity contribution in [2.45, 2.75) is 26.8 Å². The van der Waals surface area contributed by atoms with Crippen molar-refractivity contribution in [1.29, 1.82) is 0 Å². The van der Waals surface area contributed by atoms with Crippen molar-refractivity contribution >= 4 is 12.0 Å². The zero-order chi connectivity index (χ0) is 20.0. The van der Waals surface area contributed by atoms with Gasteiger partial charge in [0, 0.05) is 5.56 Å². The molecule has 0 aromatic heterocycles. The number of rotatable bonds is 5. The first-order chi connectivity index (χ1) is 13.4. The van der Waals surface area contributed by atoms with Crippen LogP contribution in [0.15, 0.2) is 91.0 Å². The Morgan fingerprint density at radius 1 is 0.786 bits per heavy atom. The summed E-state index contributed by atoms with van der Waals surface area (Å²) in [5.74, 6) is -0.0796. The molecule has 0 aliphatic carbocycles. The topological polar surface area (TPSA) is 29.1 Å². The van der Waals surface area contributed by atoms with Gasteiger partial charge < -0.3 is 5.32 Å². The van der Waals surface area contributed by atoms with Crippen LogP contribution in [-0.2, 0) is 0 Å². The molecule has 0 atom stereocenters. The van der Waals surface area contributed by atoms with Gasteiger partial charge in [-0.15, -0.1) is 0 Å². The molecule has 142 valence electrons. The molecule has 0 unspecified atom stereocenters. The van der Waals surface area contributed by atoms with Crippen LogP contribution in [0.2, 0.25) is 0 Å². The van der Waals surface area contributed by atoms with Crippen LogP contribution in [0.5, 0.6) is 0 Å². The molecule has 3 aromatic rings. The predicted molar refractivity (Wildman–Crippen MR) is 117 cm³/mol. The maximum atomic E-state index is 12.9. The lowest BCUT2D eigenvalue weighted by atomic mass is 9.95. The number of allylic oxidation sites excluding steroid dienone is 1. The van der Waals surface area contributed by atoms with Crippen molar-refractivity contribution < 1.29 is 4.79 Å². The van der Waals surface area contributed by atoms with E-state index in [1.54, 1.807) is 0 Å². The molecule has 0 aliphatic heterocycles. The molecule has 0 saturated heterocycles. The predicted octanol–water partition coefficient (Wildman–Crippen LogP) is 6.27. The highest BCUT2D eigenvalue weighted by Gasteiger charge is 2.17. The Morgan fingerprint density at radius 3 is 1.75 bits per heavy atom. The molecule has 0 fully saturated rings. The van der Waals surface area contributed by atoms with Crippen LogP contribution in [-0.4, -0.2) is 5.91 Å². The molecule has 0 aliphatic rings. The van der Waals surface area contributed by atoms with Crippen molar-refractivity contribution in [3.05, 3.63) is 113 Å². The summed E-state index contributed by atoms with van der Waals surface area (Å²) in [6.45, 7) is 6.50. The van der Waals surface area contributed by atoms with Gasteiger partial charge in [0.05, 0.1) is 6.04 Å². The van der Waals surface area contributed by atoms with Crippen LogP contribution in [0.1, 0.15) is 53.9 Å². The van der Waals surface area contributed by atoms with E-state index in [0.717, 1.165) is 16.7 Å². The van der Waals surface area contributed by atoms with Crippen LogP contribution >= 0.6 is 0 Å². The summed E-state index contributed by atoms with van der Waals surface area (Å²) in [5.41, 5.74) is 4.01. The normalized spacial score (nSPS) is 11.7. The highest BCUT2D eigenvalue weighted by molar-refractivity contribution is 5.94. The molecule has 2 nitrogen and oxygen atoms in total. The summed E-state index contributed by atoms with van der Waals surface area (Å²) in [6.07, 6.45) is 4.27. The fraction of sp³-hybridized carbons (Fsp3) is 0.192. The number of hydrogen-bond donors (Lipinski definition) is 1. The SMILES string of the molecule is CC(C)(C)C=Cc1ccc(C(=O)NC(c2ccccc2)c2ccccc2)cc1. The molecule has 0 spiro atoms.